The molecule has 0 aliphatic carbocycles. The lowest BCUT2D eigenvalue weighted by molar-refractivity contribution is 0.0696. The molecule has 0 saturated heterocycles. The zero-order valence-electron chi connectivity index (χ0n) is 11.8. The maximum Gasteiger partial charge on any atom is 0.335 e. The molecular formula is C13H15N3O4S. The molecule has 112 valence electrons. The topological polar surface area (TPSA) is 101 Å². The molecule has 0 unspecified atom stereocenters. The van der Waals surface area contributed by atoms with Crippen LogP contribution in [0.1, 0.15) is 21.6 Å². The minimum atomic E-state index is -3.88. The van der Waals surface area contributed by atoms with Crippen molar-refractivity contribution in [3.63, 3.8) is 0 Å². The molecule has 8 heteroatoms. The zero-order valence-corrected chi connectivity index (χ0v) is 12.6. The fourth-order valence-corrected chi connectivity index (χ4v) is 3.41. The minimum Gasteiger partial charge on any atom is -0.478 e. The smallest absolute Gasteiger partial charge is 0.335 e. The van der Waals surface area contributed by atoms with Crippen molar-refractivity contribution in [2.24, 2.45) is 7.05 Å². The summed E-state index contributed by atoms with van der Waals surface area (Å²) in [6.45, 7) is 3.15. The molecule has 0 bridgehead atoms. The molecule has 1 aromatic heterocycles. The fraction of sp³-hybridized carbons (Fsp3) is 0.231. The number of hydrogen-bond acceptors (Lipinski definition) is 4. The third kappa shape index (κ3) is 2.89. The second-order valence-corrected chi connectivity index (χ2v) is 6.29. The SMILES string of the molecule is Cc1nn(C)cc1NS(=O)(=O)c1cccc(C(=O)O)c1C. The first-order valence-electron chi connectivity index (χ1n) is 6.08. The first-order valence-corrected chi connectivity index (χ1v) is 7.56. The number of carboxylic acid groups (broad SMARTS) is 1. The highest BCUT2D eigenvalue weighted by Gasteiger charge is 2.22. The predicted octanol–water partition coefficient (Wildman–Crippen LogP) is 1.54. The van der Waals surface area contributed by atoms with Gasteiger partial charge in [0.1, 0.15) is 0 Å². The molecule has 0 saturated carbocycles. The van der Waals surface area contributed by atoms with Crippen molar-refractivity contribution in [3.05, 3.63) is 41.2 Å². The van der Waals surface area contributed by atoms with Gasteiger partial charge in [-0.2, -0.15) is 5.10 Å². The average Bonchev–Trinajstić information content (AvgIpc) is 2.66. The average molecular weight is 309 g/mol. The molecule has 7 nitrogen and oxygen atoms in total. The van der Waals surface area contributed by atoms with E-state index in [1.807, 2.05) is 0 Å². The third-order valence-corrected chi connectivity index (χ3v) is 4.57. The Kier molecular flexibility index (Phi) is 3.73. The number of sulfonamides is 1. The van der Waals surface area contributed by atoms with Gasteiger partial charge in [-0.25, -0.2) is 13.2 Å². The van der Waals surface area contributed by atoms with Crippen LogP contribution in [-0.4, -0.2) is 29.3 Å². The highest BCUT2D eigenvalue weighted by molar-refractivity contribution is 7.92. The van der Waals surface area contributed by atoms with Crippen LogP contribution in [0.5, 0.6) is 0 Å². The lowest BCUT2D eigenvalue weighted by Gasteiger charge is -2.11. The summed E-state index contributed by atoms with van der Waals surface area (Å²) in [6.07, 6.45) is 1.54. The van der Waals surface area contributed by atoms with Crippen LogP contribution >= 0.6 is 0 Å². The summed E-state index contributed by atoms with van der Waals surface area (Å²) >= 11 is 0. The van der Waals surface area contributed by atoms with Gasteiger partial charge in [0.15, 0.2) is 0 Å². The number of carboxylic acids is 1. The summed E-state index contributed by atoms with van der Waals surface area (Å²) in [7, 11) is -2.19. The summed E-state index contributed by atoms with van der Waals surface area (Å²) in [5.41, 5.74) is 1.05. The van der Waals surface area contributed by atoms with E-state index in [4.69, 9.17) is 5.11 Å². The van der Waals surface area contributed by atoms with Crippen molar-refractivity contribution in [2.45, 2.75) is 18.7 Å². The summed E-state index contributed by atoms with van der Waals surface area (Å²) in [4.78, 5) is 11.0. The number of anilines is 1. The quantitative estimate of drug-likeness (QED) is 0.892. The molecule has 2 aromatic rings. The van der Waals surface area contributed by atoms with E-state index < -0.39 is 16.0 Å². The van der Waals surface area contributed by atoms with Crippen LogP contribution in [0.25, 0.3) is 0 Å². The van der Waals surface area contributed by atoms with Crippen LogP contribution in [0.15, 0.2) is 29.3 Å². The van der Waals surface area contributed by atoms with Gasteiger partial charge in [0.25, 0.3) is 10.0 Å². The van der Waals surface area contributed by atoms with Gasteiger partial charge in [-0.05, 0) is 31.5 Å². The number of aromatic nitrogens is 2. The number of rotatable bonds is 4. The molecule has 0 aliphatic heterocycles. The normalized spacial score (nSPS) is 11.4. The zero-order chi connectivity index (χ0) is 15.8. The Morgan fingerprint density at radius 1 is 1.33 bits per heavy atom. The second-order valence-electron chi connectivity index (χ2n) is 4.64. The van der Waals surface area contributed by atoms with Crippen LogP contribution in [0, 0.1) is 13.8 Å². The summed E-state index contributed by atoms with van der Waals surface area (Å²) in [6, 6.07) is 4.14. The highest BCUT2D eigenvalue weighted by atomic mass is 32.2. The van der Waals surface area contributed by atoms with Crippen molar-refractivity contribution in [3.8, 4) is 0 Å². The molecule has 1 aromatic carbocycles. The van der Waals surface area contributed by atoms with Gasteiger partial charge in [-0.3, -0.25) is 9.40 Å². The molecule has 0 atom stereocenters. The van der Waals surface area contributed by atoms with Crippen LogP contribution in [0.2, 0.25) is 0 Å². The van der Waals surface area contributed by atoms with Crippen molar-refractivity contribution >= 4 is 21.7 Å². The predicted molar refractivity (Wildman–Crippen MR) is 76.9 cm³/mol. The molecule has 0 amide bonds. The number of aryl methyl sites for hydroxylation is 2. The number of carbonyl (C=O) groups is 1. The van der Waals surface area contributed by atoms with E-state index in [1.165, 1.54) is 29.8 Å². The van der Waals surface area contributed by atoms with Gasteiger partial charge in [0, 0.05) is 13.2 Å². The fourth-order valence-electron chi connectivity index (χ4n) is 2.04. The number of nitrogens with zero attached hydrogens (tertiary/aromatic N) is 2. The van der Waals surface area contributed by atoms with Gasteiger partial charge in [0.2, 0.25) is 0 Å². The summed E-state index contributed by atoms with van der Waals surface area (Å²) in [5.74, 6) is -1.16. The van der Waals surface area contributed by atoms with Crippen molar-refractivity contribution in [2.75, 3.05) is 4.72 Å². The third-order valence-electron chi connectivity index (χ3n) is 3.06. The molecule has 1 heterocycles. The largest absolute Gasteiger partial charge is 0.478 e. The monoisotopic (exact) mass is 309 g/mol. The van der Waals surface area contributed by atoms with E-state index in [1.54, 1.807) is 20.2 Å². The van der Waals surface area contributed by atoms with Crippen LogP contribution in [-0.2, 0) is 17.1 Å². The molecule has 21 heavy (non-hydrogen) atoms. The van der Waals surface area contributed by atoms with E-state index in [0.29, 0.717) is 11.4 Å². The van der Waals surface area contributed by atoms with E-state index >= 15 is 0 Å². The maximum atomic E-state index is 12.4. The molecule has 0 aliphatic rings. The molecular weight excluding hydrogens is 294 g/mol. The molecule has 0 fully saturated rings. The van der Waals surface area contributed by atoms with Crippen molar-refractivity contribution in [1.82, 2.24) is 9.78 Å². The van der Waals surface area contributed by atoms with E-state index in [0.717, 1.165) is 0 Å². The maximum absolute atomic E-state index is 12.4. The number of benzene rings is 1. The van der Waals surface area contributed by atoms with Gasteiger partial charge in [0.05, 0.1) is 21.8 Å². The van der Waals surface area contributed by atoms with E-state index in [-0.39, 0.29) is 16.0 Å². The molecule has 2 N–H and O–H groups in total. The van der Waals surface area contributed by atoms with E-state index in [9.17, 15) is 13.2 Å². The Balaban J connectivity index is 2.48. The number of hydrogen-bond donors (Lipinski definition) is 2. The first-order chi connectivity index (χ1) is 9.72. The Morgan fingerprint density at radius 2 is 2.00 bits per heavy atom. The Hall–Kier alpha value is -2.35. The summed E-state index contributed by atoms with van der Waals surface area (Å²) in [5, 5.41) is 13.1. The van der Waals surface area contributed by atoms with Crippen LogP contribution in [0.3, 0.4) is 0 Å². The number of nitrogens with one attached hydrogen (secondary N) is 1. The number of aromatic carboxylic acids is 1. The minimum absolute atomic E-state index is 0.0409. The summed E-state index contributed by atoms with van der Waals surface area (Å²) < 4.78 is 28.8. The molecule has 2 rings (SSSR count). The highest BCUT2D eigenvalue weighted by Crippen LogP contribution is 2.23. The lowest BCUT2D eigenvalue weighted by Crippen LogP contribution is -2.16. The van der Waals surface area contributed by atoms with Crippen molar-refractivity contribution in [1.29, 1.82) is 0 Å². The molecule has 0 spiro atoms. The Morgan fingerprint density at radius 3 is 2.52 bits per heavy atom. The van der Waals surface area contributed by atoms with Crippen LogP contribution in [0.4, 0.5) is 5.69 Å². The van der Waals surface area contributed by atoms with Crippen molar-refractivity contribution < 1.29 is 18.3 Å². The first kappa shape index (κ1) is 15.0. The standard InChI is InChI=1S/C13H15N3O4S/c1-8-10(13(17)18)5-4-6-12(8)21(19,20)15-11-7-16(3)14-9(11)2/h4-7,15H,1-3H3,(H,17,18). The van der Waals surface area contributed by atoms with Crippen LogP contribution < -0.4 is 4.72 Å². The van der Waals surface area contributed by atoms with Gasteiger partial charge >= 0.3 is 5.97 Å². The Bertz CT molecular complexity index is 809. The lowest BCUT2D eigenvalue weighted by atomic mass is 10.1. The van der Waals surface area contributed by atoms with Gasteiger partial charge in [-0.15, -0.1) is 0 Å². The molecule has 0 radical (unpaired) electrons. The second kappa shape index (κ2) is 5.21. The van der Waals surface area contributed by atoms with E-state index in [2.05, 4.69) is 9.82 Å². The van der Waals surface area contributed by atoms with Gasteiger partial charge in [-0.1, -0.05) is 6.07 Å². The Labute approximate surface area is 122 Å². The van der Waals surface area contributed by atoms with Gasteiger partial charge < -0.3 is 5.11 Å².